The predicted octanol–water partition coefficient (Wildman–Crippen LogP) is 3.82. The number of amides is 1. The van der Waals surface area contributed by atoms with Crippen LogP contribution in [-0.4, -0.2) is 36.3 Å². The average Bonchev–Trinajstić information content (AvgIpc) is 2.64. The Morgan fingerprint density at radius 1 is 1.25 bits per heavy atom. The first-order valence-corrected chi connectivity index (χ1v) is 9.30. The fourth-order valence-corrected chi connectivity index (χ4v) is 2.92. The Hall–Kier alpha value is -2.56. The third-order valence-electron chi connectivity index (χ3n) is 3.56. The SMILES string of the molecule is COCCOc1ccc(C(=O)NC(=S)Nc2ccc(C)cc2[N+](=O)[O-])cc1Br. The molecule has 8 nitrogen and oxygen atoms in total. The molecule has 0 spiro atoms. The van der Waals surface area contributed by atoms with Gasteiger partial charge < -0.3 is 14.8 Å². The number of nitrogens with one attached hydrogen (secondary N) is 2. The van der Waals surface area contributed by atoms with Gasteiger partial charge in [-0.3, -0.25) is 20.2 Å². The number of benzene rings is 2. The van der Waals surface area contributed by atoms with Gasteiger partial charge in [-0.2, -0.15) is 0 Å². The summed E-state index contributed by atoms with van der Waals surface area (Å²) in [5.74, 6) is 0.112. The molecule has 0 aliphatic rings. The normalized spacial score (nSPS) is 10.2. The van der Waals surface area contributed by atoms with E-state index in [-0.39, 0.29) is 16.5 Å². The number of hydrogen-bond acceptors (Lipinski definition) is 6. The summed E-state index contributed by atoms with van der Waals surface area (Å²) in [7, 11) is 1.58. The van der Waals surface area contributed by atoms with Gasteiger partial charge >= 0.3 is 0 Å². The summed E-state index contributed by atoms with van der Waals surface area (Å²) in [5.41, 5.74) is 1.15. The standard InChI is InChI=1S/C18H18BrN3O5S/c1-11-3-5-14(15(9-11)22(24)25)20-18(28)21-17(23)12-4-6-16(13(19)10-12)27-8-7-26-2/h3-6,9-10H,7-8H2,1-2H3,(H2,20,21,23,28). The summed E-state index contributed by atoms with van der Waals surface area (Å²) in [6.07, 6.45) is 0. The summed E-state index contributed by atoms with van der Waals surface area (Å²) >= 11 is 8.46. The van der Waals surface area contributed by atoms with Crippen molar-refractivity contribution in [3.8, 4) is 5.75 Å². The van der Waals surface area contributed by atoms with Gasteiger partial charge in [-0.15, -0.1) is 0 Å². The molecule has 0 saturated heterocycles. The van der Waals surface area contributed by atoms with E-state index < -0.39 is 10.8 Å². The van der Waals surface area contributed by atoms with Crippen LogP contribution < -0.4 is 15.4 Å². The van der Waals surface area contributed by atoms with Crippen LogP contribution in [0.25, 0.3) is 0 Å². The van der Waals surface area contributed by atoms with Crippen LogP contribution in [0.4, 0.5) is 11.4 Å². The Kier molecular flexibility index (Phi) is 7.85. The van der Waals surface area contributed by atoms with E-state index in [0.717, 1.165) is 5.56 Å². The van der Waals surface area contributed by atoms with E-state index in [0.29, 0.717) is 29.0 Å². The molecule has 0 unspecified atom stereocenters. The Morgan fingerprint density at radius 3 is 2.64 bits per heavy atom. The van der Waals surface area contributed by atoms with Crippen molar-refractivity contribution in [1.82, 2.24) is 5.32 Å². The molecule has 0 bridgehead atoms. The van der Waals surface area contributed by atoms with E-state index in [1.807, 2.05) is 0 Å². The lowest BCUT2D eigenvalue weighted by Gasteiger charge is -2.12. The molecule has 10 heteroatoms. The molecule has 28 heavy (non-hydrogen) atoms. The molecule has 0 radical (unpaired) electrons. The highest BCUT2D eigenvalue weighted by Gasteiger charge is 2.16. The largest absolute Gasteiger partial charge is 0.490 e. The van der Waals surface area contributed by atoms with E-state index in [4.69, 9.17) is 21.7 Å². The van der Waals surface area contributed by atoms with Crippen LogP contribution in [0.15, 0.2) is 40.9 Å². The first-order chi connectivity index (χ1) is 13.3. The number of hydrogen-bond donors (Lipinski definition) is 2. The van der Waals surface area contributed by atoms with Gasteiger partial charge in [0.05, 0.1) is 16.0 Å². The molecule has 0 fully saturated rings. The number of thiocarbonyl (C=S) groups is 1. The maximum Gasteiger partial charge on any atom is 0.292 e. The Bertz CT molecular complexity index is 907. The second-order valence-corrected chi connectivity index (χ2v) is 6.94. The van der Waals surface area contributed by atoms with E-state index in [1.165, 1.54) is 12.1 Å². The summed E-state index contributed by atoms with van der Waals surface area (Å²) in [4.78, 5) is 23.0. The van der Waals surface area contributed by atoms with Crippen LogP contribution in [0.3, 0.4) is 0 Å². The summed E-state index contributed by atoms with van der Waals surface area (Å²) in [6.45, 7) is 2.57. The summed E-state index contributed by atoms with van der Waals surface area (Å²) in [5, 5.41) is 16.3. The number of carbonyl (C=O) groups excluding carboxylic acids is 1. The molecule has 0 heterocycles. The quantitative estimate of drug-likeness (QED) is 0.276. The maximum atomic E-state index is 12.4. The van der Waals surface area contributed by atoms with Gasteiger partial charge in [-0.1, -0.05) is 6.07 Å². The van der Waals surface area contributed by atoms with Crippen molar-refractivity contribution in [3.63, 3.8) is 0 Å². The number of aryl methyl sites for hydroxylation is 1. The minimum absolute atomic E-state index is 0.0477. The molecule has 0 aromatic heterocycles. The zero-order valence-electron chi connectivity index (χ0n) is 15.2. The number of nitro groups is 1. The average molecular weight is 468 g/mol. The maximum absolute atomic E-state index is 12.4. The van der Waals surface area contributed by atoms with Crippen molar-refractivity contribution in [1.29, 1.82) is 0 Å². The Balaban J connectivity index is 2.04. The zero-order valence-corrected chi connectivity index (χ0v) is 17.6. The van der Waals surface area contributed by atoms with Crippen molar-refractivity contribution in [2.24, 2.45) is 0 Å². The van der Waals surface area contributed by atoms with Crippen LogP contribution in [-0.2, 0) is 4.74 Å². The predicted molar refractivity (Wildman–Crippen MR) is 113 cm³/mol. The van der Waals surface area contributed by atoms with Crippen LogP contribution >= 0.6 is 28.1 Å². The van der Waals surface area contributed by atoms with Crippen LogP contribution in [0.2, 0.25) is 0 Å². The molecular formula is C18H18BrN3O5S. The van der Waals surface area contributed by atoms with E-state index in [2.05, 4.69) is 26.6 Å². The number of ether oxygens (including phenoxy) is 2. The minimum atomic E-state index is -0.515. The van der Waals surface area contributed by atoms with Gasteiger partial charge in [0.1, 0.15) is 18.0 Å². The van der Waals surface area contributed by atoms with Crippen molar-refractivity contribution >= 4 is 50.5 Å². The number of halogens is 1. The summed E-state index contributed by atoms with van der Waals surface area (Å²) in [6, 6.07) is 9.49. The van der Waals surface area contributed by atoms with Gasteiger partial charge in [0.15, 0.2) is 5.11 Å². The monoisotopic (exact) mass is 467 g/mol. The second kappa shape index (κ2) is 10.1. The molecule has 0 atom stereocenters. The number of rotatable bonds is 7. The third-order valence-corrected chi connectivity index (χ3v) is 4.39. The van der Waals surface area contributed by atoms with E-state index >= 15 is 0 Å². The van der Waals surface area contributed by atoms with Crippen molar-refractivity contribution in [2.45, 2.75) is 6.92 Å². The van der Waals surface area contributed by atoms with Crippen LogP contribution in [0.1, 0.15) is 15.9 Å². The van der Waals surface area contributed by atoms with E-state index in [9.17, 15) is 14.9 Å². The molecule has 1 amide bonds. The fourth-order valence-electron chi connectivity index (χ4n) is 2.22. The highest BCUT2D eigenvalue weighted by molar-refractivity contribution is 9.10. The highest BCUT2D eigenvalue weighted by Crippen LogP contribution is 2.27. The molecule has 2 N–H and O–H groups in total. The smallest absolute Gasteiger partial charge is 0.292 e. The molecular weight excluding hydrogens is 450 g/mol. The second-order valence-electron chi connectivity index (χ2n) is 5.67. The molecule has 0 aliphatic carbocycles. The fraction of sp³-hybridized carbons (Fsp3) is 0.222. The van der Waals surface area contributed by atoms with Crippen molar-refractivity contribution < 1.29 is 19.2 Å². The zero-order chi connectivity index (χ0) is 20.7. The van der Waals surface area contributed by atoms with Crippen LogP contribution in [0.5, 0.6) is 5.75 Å². The third kappa shape index (κ3) is 5.98. The number of anilines is 1. The van der Waals surface area contributed by atoms with Gasteiger partial charge in [0.2, 0.25) is 0 Å². The number of nitro benzene ring substituents is 1. The molecule has 0 saturated carbocycles. The first kappa shape index (κ1) is 21.7. The molecule has 2 aromatic rings. The van der Waals surface area contributed by atoms with E-state index in [1.54, 1.807) is 38.3 Å². The lowest BCUT2D eigenvalue weighted by molar-refractivity contribution is -0.383. The minimum Gasteiger partial charge on any atom is -0.490 e. The lowest BCUT2D eigenvalue weighted by atomic mass is 10.2. The number of carbonyl (C=O) groups is 1. The highest BCUT2D eigenvalue weighted by atomic mass is 79.9. The topological polar surface area (TPSA) is 103 Å². The number of nitrogens with zero attached hydrogens (tertiary/aromatic N) is 1. The molecule has 0 aliphatic heterocycles. The number of methoxy groups -OCH3 is 1. The van der Waals surface area contributed by atoms with Gasteiger partial charge in [0.25, 0.3) is 11.6 Å². The van der Waals surface area contributed by atoms with Crippen molar-refractivity contribution in [2.75, 3.05) is 25.6 Å². The van der Waals surface area contributed by atoms with Crippen LogP contribution in [0, 0.1) is 17.0 Å². The molecule has 2 rings (SSSR count). The Morgan fingerprint density at radius 2 is 2.00 bits per heavy atom. The van der Waals surface area contributed by atoms with Gasteiger partial charge in [-0.05, 0) is 64.9 Å². The first-order valence-electron chi connectivity index (χ1n) is 8.10. The van der Waals surface area contributed by atoms with Crippen molar-refractivity contribution in [3.05, 3.63) is 62.1 Å². The van der Waals surface area contributed by atoms with Gasteiger partial charge in [-0.25, -0.2) is 0 Å². The molecule has 148 valence electrons. The van der Waals surface area contributed by atoms with Gasteiger partial charge in [0, 0.05) is 18.7 Å². The molecule has 2 aromatic carbocycles. The Labute approximate surface area is 175 Å². The lowest BCUT2D eigenvalue weighted by Crippen LogP contribution is -2.34. The summed E-state index contributed by atoms with van der Waals surface area (Å²) < 4.78 is 11.0.